The van der Waals surface area contributed by atoms with Crippen LogP contribution in [-0.4, -0.2) is 17.2 Å². The van der Waals surface area contributed by atoms with E-state index >= 15 is 0 Å². The van der Waals surface area contributed by atoms with Crippen molar-refractivity contribution in [1.82, 2.24) is 9.13 Å². The molecular weight excluding hydrogens is 673 g/mol. The minimum absolute atomic E-state index is 0.156. The third kappa shape index (κ3) is 3.84. The Labute approximate surface area is 314 Å². The van der Waals surface area contributed by atoms with Gasteiger partial charge in [-0.3, -0.25) is 0 Å². The molecular formula is C49H34N4Si. The van der Waals surface area contributed by atoms with E-state index in [1.807, 2.05) is 36.4 Å². The lowest BCUT2D eigenvalue weighted by Gasteiger charge is -2.24. The second-order valence-corrected chi connectivity index (χ2v) is 20.3. The van der Waals surface area contributed by atoms with Crippen molar-refractivity contribution in [2.75, 3.05) is 0 Å². The first kappa shape index (κ1) is 30.9. The van der Waals surface area contributed by atoms with Gasteiger partial charge in [0.05, 0.1) is 40.3 Å². The van der Waals surface area contributed by atoms with Crippen LogP contribution in [0.5, 0.6) is 0 Å². The Hall–Kier alpha value is -6.66. The first-order valence-electron chi connectivity index (χ1n) is 18.5. The number of nitrogens with zero attached hydrogens (tertiary/aromatic N) is 4. The van der Waals surface area contributed by atoms with Gasteiger partial charge >= 0.3 is 0 Å². The van der Waals surface area contributed by atoms with Gasteiger partial charge in [-0.15, -0.1) is 0 Å². The quantitative estimate of drug-likeness (QED) is 0.130. The van der Waals surface area contributed by atoms with Gasteiger partial charge in [0.15, 0.2) is 5.69 Å². The van der Waals surface area contributed by atoms with Crippen LogP contribution in [0.4, 0.5) is 5.69 Å². The summed E-state index contributed by atoms with van der Waals surface area (Å²) in [5.74, 6) is 0. The Bertz CT molecular complexity index is 3180. The molecule has 4 nitrogen and oxygen atoms in total. The molecule has 0 unspecified atom stereocenters. The Morgan fingerprint density at radius 3 is 1.98 bits per heavy atom. The van der Waals surface area contributed by atoms with Crippen LogP contribution in [0, 0.1) is 17.9 Å². The summed E-state index contributed by atoms with van der Waals surface area (Å²) in [7, 11) is -2.01. The molecule has 254 valence electrons. The number of benzene rings is 7. The predicted octanol–water partition coefficient (Wildman–Crippen LogP) is 11.4. The largest absolute Gasteiger partial charge is 0.309 e. The number of nitriles is 1. The van der Waals surface area contributed by atoms with E-state index < -0.39 is 8.07 Å². The van der Waals surface area contributed by atoms with Crippen molar-refractivity contribution in [1.29, 1.82) is 5.26 Å². The van der Waals surface area contributed by atoms with Crippen molar-refractivity contribution >= 4 is 67.7 Å². The summed E-state index contributed by atoms with van der Waals surface area (Å²) in [6, 6.07) is 50.8. The highest BCUT2D eigenvalue weighted by molar-refractivity contribution is 7.03. The summed E-state index contributed by atoms with van der Waals surface area (Å²) in [6.45, 7) is 17.4. The average Bonchev–Trinajstić information content (AvgIpc) is 3.85. The number of para-hydroxylation sites is 1. The van der Waals surface area contributed by atoms with E-state index in [0.717, 1.165) is 27.5 Å². The molecule has 2 aliphatic rings. The zero-order valence-corrected chi connectivity index (χ0v) is 31.5. The van der Waals surface area contributed by atoms with Gasteiger partial charge in [-0.05, 0) is 110 Å². The Balaban J connectivity index is 1.17. The normalized spacial score (nSPS) is 14.6. The van der Waals surface area contributed by atoms with E-state index in [0.29, 0.717) is 11.3 Å². The van der Waals surface area contributed by atoms with E-state index in [1.165, 1.54) is 71.2 Å². The van der Waals surface area contributed by atoms with Crippen LogP contribution in [-0.2, 0) is 5.41 Å². The molecule has 0 saturated heterocycles. The lowest BCUT2D eigenvalue weighted by atomic mass is 9.81. The Morgan fingerprint density at radius 2 is 1.24 bits per heavy atom. The maximum atomic E-state index is 9.76. The lowest BCUT2D eigenvalue weighted by Crippen LogP contribution is -2.49. The molecule has 54 heavy (non-hydrogen) atoms. The predicted molar refractivity (Wildman–Crippen MR) is 226 cm³/mol. The van der Waals surface area contributed by atoms with E-state index in [2.05, 4.69) is 144 Å². The van der Waals surface area contributed by atoms with Gasteiger partial charge in [-0.1, -0.05) is 99.7 Å². The molecule has 0 bridgehead atoms. The Kier molecular flexibility index (Phi) is 6.00. The van der Waals surface area contributed by atoms with Gasteiger partial charge < -0.3 is 9.13 Å². The van der Waals surface area contributed by atoms with Gasteiger partial charge in [-0.2, -0.15) is 5.26 Å². The summed E-state index contributed by atoms with van der Waals surface area (Å²) in [6.07, 6.45) is 0. The van der Waals surface area contributed by atoms with Gasteiger partial charge in [-0.25, -0.2) is 4.85 Å². The molecule has 0 N–H and O–H groups in total. The molecule has 0 atom stereocenters. The third-order valence-electron chi connectivity index (χ3n) is 12.5. The van der Waals surface area contributed by atoms with Gasteiger partial charge in [0.2, 0.25) is 0 Å². The Morgan fingerprint density at radius 1 is 0.593 bits per heavy atom. The molecule has 0 amide bonds. The molecule has 3 heterocycles. The van der Waals surface area contributed by atoms with Crippen LogP contribution in [0.15, 0.2) is 133 Å². The van der Waals surface area contributed by atoms with E-state index in [4.69, 9.17) is 6.57 Å². The maximum Gasteiger partial charge on any atom is 0.188 e. The second kappa shape index (κ2) is 10.5. The molecule has 0 spiro atoms. The fraction of sp³-hybridized carbons (Fsp3) is 0.102. The summed E-state index contributed by atoms with van der Waals surface area (Å²) >= 11 is 0. The van der Waals surface area contributed by atoms with Crippen LogP contribution < -0.4 is 10.4 Å². The molecule has 0 radical (unpaired) electrons. The molecule has 1 aliphatic carbocycles. The summed E-state index contributed by atoms with van der Waals surface area (Å²) < 4.78 is 4.83. The molecule has 2 aromatic heterocycles. The highest BCUT2D eigenvalue weighted by atomic mass is 28.3. The number of hydrogen-bond acceptors (Lipinski definition) is 1. The first-order valence-corrected chi connectivity index (χ1v) is 21.5. The van der Waals surface area contributed by atoms with Crippen molar-refractivity contribution in [3.05, 3.63) is 162 Å². The van der Waals surface area contributed by atoms with E-state index in [-0.39, 0.29) is 5.41 Å². The number of rotatable bonds is 2. The van der Waals surface area contributed by atoms with Crippen molar-refractivity contribution in [2.45, 2.75) is 32.4 Å². The van der Waals surface area contributed by atoms with Crippen LogP contribution in [0.3, 0.4) is 0 Å². The average molecular weight is 707 g/mol. The number of fused-ring (bicyclic) bond motifs is 13. The smallest absolute Gasteiger partial charge is 0.188 e. The van der Waals surface area contributed by atoms with Crippen LogP contribution >= 0.6 is 0 Å². The maximum absolute atomic E-state index is 9.76. The fourth-order valence-electron chi connectivity index (χ4n) is 10.0. The van der Waals surface area contributed by atoms with Crippen molar-refractivity contribution in [3.63, 3.8) is 0 Å². The molecule has 7 aromatic carbocycles. The number of hydrogen-bond donors (Lipinski definition) is 0. The highest BCUT2D eigenvalue weighted by Gasteiger charge is 2.40. The van der Waals surface area contributed by atoms with E-state index in [1.54, 1.807) is 0 Å². The third-order valence-corrected chi connectivity index (χ3v) is 16.1. The zero-order valence-electron chi connectivity index (χ0n) is 30.5. The minimum Gasteiger partial charge on any atom is -0.309 e. The van der Waals surface area contributed by atoms with Crippen molar-refractivity contribution in [3.8, 4) is 39.7 Å². The summed E-state index contributed by atoms with van der Waals surface area (Å²) in [5, 5.41) is 17.2. The molecule has 9 aromatic rings. The molecule has 11 rings (SSSR count). The van der Waals surface area contributed by atoms with Gasteiger partial charge in [0, 0.05) is 32.9 Å². The second-order valence-electron chi connectivity index (χ2n) is 16.0. The van der Waals surface area contributed by atoms with Crippen LogP contribution in [0.1, 0.15) is 30.5 Å². The lowest BCUT2D eigenvalue weighted by molar-refractivity contribution is 0.664. The van der Waals surface area contributed by atoms with Crippen molar-refractivity contribution in [2.24, 2.45) is 0 Å². The SMILES string of the molecule is [C-]#[N+]c1ccc2c(c1)c1cc(C#N)ccc1n2-c1ccc2c(c1)-c1cc(-n3c4ccccc4c4ccc5c(c43)C(C)(C)c3ccccc3-5)ccc1[Si]2(C)C. The molecule has 0 saturated carbocycles. The molecule has 0 fully saturated rings. The minimum atomic E-state index is -2.01. The van der Waals surface area contributed by atoms with Crippen LogP contribution in [0.2, 0.25) is 13.1 Å². The molecule has 5 heteroatoms. The monoisotopic (exact) mass is 706 g/mol. The number of aromatic nitrogens is 2. The summed E-state index contributed by atoms with van der Waals surface area (Å²) in [4.78, 5) is 3.72. The summed E-state index contributed by atoms with van der Waals surface area (Å²) in [5.41, 5.74) is 15.9. The van der Waals surface area contributed by atoms with E-state index in [9.17, 15) is 5.26 Å². The van der Waals surface area contributed by atoms with Crippen LogP contribution in [0.25, 0.3) is 82.1 Å². The molecule has 1 aliphatic heterocycles. The van der Waals surface area contributed by atoms with Crippen molar-refractivity contribution < 1.29 is 0 Å². The highest BCUT2D eigenvalue weighted by Crippen LogP contribution is 2.53. The zero-order chi connectivity index (χ0) is 36.7. The van der Waals surface area contributed by atoms with Gasteiger partial charge in [0.1, 0.15) is 8.07 Å². The fourth-order valence-corrected chi connectivity index (χ4v) is 13.1. The standard InChI is InChI=1S/C49H34N4Si/c1-49(2)41-12-8-6-10-33(41)35-18-19-36-34-11-7-9-13-42(34)53(48(36)47(35)49)32-17-23-46-40(27-32)39-26-31(16-22-45(39)54(46,4)5)52-43-20-14-29(28-50)24-37(43)38-25-30(51-3)15-21-44(38)52/h6-27H,1-2,4-5H3. The van der Waals surface area contributed by atoms with Gasteiger partial charge in [0.25, 0.3) is 0 Å². The topological polar surface area (TPSA) is 38.0 Å². The first-order chi connectivity index (χ1) is 26.2.